The average Bonchev–Trinajstić information content (AvgIpc) is 3.08. The third kappa shape index (κ3) is 6.37. The fourth-order valence-corrected chi connectivity index (χ4v) is 2.89. The van der Waals surface area contributed by atoms with Gasteiger partial charge in [0.25, 0.3) is 0 Å². The molecule has 0 aliphatic carbocycles. The molecule has 2 amide bonds. The van der Waals surface area contributed by atoms with E-state index >= 15 is 0 Å². The highest BCUT2D eigenvalue weighted by atomic mass is 35.5. The molecule has 152 valence electrons. The van der Waals surface area contributed by atoms with E-state index in [0.29, 0.717) is 25.1 Å². The van der Waals surface area contributed by atoms with Crippen molar-refractivity contribution in [3.8, 4) is 0 Å². The van der Waals surface area contributed by atoms with Gasteiger partial charge in [0.1, 0.15) is 11.9 Å². The van der Waals surface area contributed by atoms with E-state index < -0.39 is 12.1 Å². The van der Waals surface area contributed by atoms with Crippen LogP contribution in [-0.4, -0.2) is 41.2 Å². The summed E-state index contributed by atoms with van der Waals surface area (Å²) in [6, 6.07) is 6.11. The molecule has 2 atom stereocenters. The van der Waals surface area contributed by atoms with E-state index in [0.717, 1.165) is 12.0 Å². The summed E-state index contributed by atoms with van der Waals surface area (Å²) < 4.78 is 0. The lowest BCUT2D eigenvalue weighted by Crippen LogP contribution is -2.52. The molecule has 2 rings (SSSR count). The van der Waals surface area contributed by atoms with Gasteiger partial charge in [-0.2, -0.15) is 0 Å². The molecule has 9 heteroatoms. The molecule has 0 saturated carbocycles. The monoisotopic (exact) mass is 417 g/mol. The number of hydrogen-bond donors (Lipinski definition) is 4. The van der Waals surface area contributed by atoms with E-state index in [1.165, 1.54) is 0 Å². The summed E-state index contributed by atoms with van der Waals surface area (Å²) in [5, 5.41) is 10.3. The largest absolute Gasteiger partial charge is 0.384 e. The van der Waals surface area contributed by atoms with Gasteiger partial charge in [-0.3, -0.25) is 15.0 Å². The number of likely N-dealkylation sites (tertiary alicyclic amines) is 1. The lowest BCUT2D eigenvalue weighted by molar-refractivity contribution is -0.140. The molecule has 1 aliphatic rings. The summed E-state index contributed by atoms with van der Waals surface area (Å²) in [6.07, 6.45) is 1.47. The summed E-state index contributed by atoms with van der Waals surface area (Å²) in [7, 11) is 0. The van der Waals surface area contributed by atoms with Crippen molar-refractivity contribution in [3.63, 3.8) is 0 Å². The smallest absolute Gasteiger partial charge is 0.243 e. The van der Waals surface area contributed by atoms with Crippen molar-refractivity contribution in [2.45, 2.75) is 45.3 Å². The van der Waals surface area contributed by atoms with Gasteiger partial charge in [-0.05, 0) is 24.3 Å². The molecule has 0 bridgehead atoms. The van der Waals surface area contributed by atoms with Gasteiger partial charge in [0, 0.05) is 18.7 Å². The van der Waals surface area contributed by atoms with Gasteiger partial charge in [-0.15, -0.1) is 24.8 Å². The number of benzene rings is 1. The number of rotatable bonds is 6. The van der Waals surface area contributed by atoms with Crippen molar-refractivity contribution in [2.24, 2.45) is 17.4 Å². The molecule has 1 aromatic rings. The third-order valence-electron chi connectivity index (χ3n) is 4.57. The van der Waals surface area contributed by atoms with Crippen molar-refractivity contribution >= 4 is 42.5 Å². The molecule has 1 heterocycles. The summed E-state index contributed by atoms with van der Waals surface area (Å²) in [6.45, 7) is 4.74. The van der Waals surface area contributed by atoms with Crippen LogP contribution in [0.2, 0.25) is 0 Å². The summed E-state index contributed by atoms with van der Waals surface area (Å²) in [5.74, 6) is -0.260. The Kier molecular flexibility index (Phi) is 10.4. The molecule has 0 spiro atoms. The molecule has 1 aliphatic heterocycles. The van der Waals surface area contributed by atoms with Crippen molar-refractivity contribution in [3.05, 3.63) is 35.4 Å². The molecular formula is C18H29Cl2N5O2. The Morgan fingerprint density at radius 1 is 1.26 bits per heavy atom. The fourth-order valence-electron chi connectivity index (χ4n) is 2.89. The van der Waals surface area contributed by atoms with E-state index in [-0.39, 0.29) is 48.4 Å². The van der Waals surface area contributed by atoms with Crippen molar-refractivity contribution in [2.75, 3.05) is 6.54 Å². The predicted octanol–water partition coefficient (Wildman–Crippen LogP) is 1.40. The van der Waals surface area contributed by atoms with Crippen molar-refractivity contribution in [1.29, 1.82) is 5.41 Å². The highest BCUT2D eigenvalue weighted by Gasteiger charge is 2.36. The summed E-state index contributed by atoms with van der Waals surface area (Å²) in [4.78, 5) is 26.6. The Morgan fingerprint density at radius 3 is 2.37 bits per heavy atom. The number of carbonyl (C=O) groups is 2. The zero-order chi connectivity index (χ0) is 18.6. The SMILES string of the molecule is CC(C)[C@@H](N)C(=O)N1CCC[C@H]1C(=O)NCc1ccc(C(=N)N)cc1.Cl.Cl. The van der Waals surface area contributed by atoms with Crippen LogP contribution in [0.5, 0.6) is 0 Å². The van der Waals surface area contributed by atoms with E-state index in [1.54, 1.807) is 17.0 Å². The van der Waals surface area contributed by atoms with Gasteiger partial charge in [-0.1, -0.05) is 38.1 Å². The van der Waals surface area contributed by atoms with Crippen LogP contribution in [0.25, 0.3) is 0 Å². The molecule has 1 aromatic carbocycles. The number of hydrogen-bond acceptors (Lipinski definition) is 4. The Labute approximate surface area is 172 Å². The van der Waals surface area contributed by atoms with E-state index in [9.17, 15) is 9.59 Å². The summed E-state index contributed by atoms with van der Waals surface area (Å²) >= 11 is 0. The lowest BCUT2D eigenvalue weighted by Gasteiger charge is -2.28. The predicted molar refractivity (Wildman–Crippen MR) is 111 cm³/mol. The molecule has 6 N–H and O–H groups in total. The molecule has 0 radical (unpaired) electrons. The van der Waals surface area contributed by atoms with Crippen LogP contribution in [0.15, 0.2) is 24.3 Å². The maximum absolute atomic E-state index is 12.5. The molecule has 0 unspecified atom stereocenters. The maximum Gasteiger partial charge on any atom is 0.243 e. The Bertz CT molecular complexity index is 652. The first kappa shape index (κ1) is 25.2. The molecule has 7 nitrogen and oxygen atoms in total. The van der Waals surface area contributed by atoms with E-state index in [2.05, 4.69) is 5.32 Å². The molecular weight excluding hydrogens is 389 g/mol. The Morgan fingerprint density at radius 2 is 1.85 bits per heavy atom. The number of carbonyl (C=O) groups excluding carboxylic acids is 2. The van der Waals surface area contributed by atoms with Gasteiger partial charge in [0.15, 0.2) is 0 Å². The van der Waals surface area contributed by atoms with Gasteiger partial charge in [0.2, 0.25) is 11.8 Å². The third-order valence-corrected chi connectivity index (χ3v) is 4.57. The maximum atomic E-state index is 12.5. The van der Waals surface area contributed by atoms with Gasteiger partial charge in [0.05, 0.1) is 6.04 Å². The van der Waals surface area contributed by atoms with Crippen LogP contribution >= 0.6 is 24.8 Å². The van der Waals surface area contributed by atoms with Gasteiger partial charge in [-0.25, -0.2) is 0 Å². The topological polar surface area (TPSA) is 125 Å². The highest BCUT2D eigenvalue weighted by molar-refractivity contribution is 5.95. The lowest BCUT2D eigenvalue weighted by atomic mass is 10.0. The Balaban J connectivity index is 0.00000338. The van der Waals surface area contributed by atoms with Crippen molar-refractivity contribution in [1.82, 2.24) is 10.2 Å². The minimum atomic E-state index is -0.576. The minimum absolute atomic E-state index is 0. The van der Waals surface area contributed by atoms with Crippen LogP contribution in [0.1, 0.15) is 37.8 Å². The van der Waals surface area contributed by atoms with Gasteiger partial charge < -0.3 is 21.7 Å². The number of nitrogens with zero attached hydrogens (tertiary/aromatic N) is 1. The van der Waals surface area contributed by atoms with Crippen LogP contribution in [-0.2, 0) is 16.1 Å². The minimum Gasteiger partial charge on any atom is -0.384 e. The first-order valence-electron chi connectivity index (χ1n) is 8.58. The zero-order valence-corrected chi connectivity index (χ0v) is 17.2. The zero-order valence-electron chi connectivity index (χ0n) is 15.6. The number of nitrogens with one attached hydrogen (secondary N) is 2. The molecule has 1 saturated heterocycles. The first-order chi connectivity index (χ1) is 11.8. The van der Waals surface area contributed by atoms with E-state index in [1.807, 2.05) is 26.0 Å². The molecule has 1 fully saturated rings. The second-order valence-corrected chi connectivity index (χ2v) is 6.79. The quantitative estimate of drug-likeness (QED) is 0.412. The highest BCUT2D eigenvalue weighted by Crippen LogP contribution is 2.20. The van der Waals surface area contributed by atoms with Gasteiger partial charge >= 0.3 is 0 Å². The molecule has 27 heavy (non-hydrogen) atoms. The normalized spacial score (nSPS) is 16.9. The summed E-state index contributed by atoms with van der Waals surface area (Å²) in [5.41, 5.74) is 12.9. The van der Waals surface area contributed by atoms with Crippen LogP contribution in [0.4, 0.5) is 0 Å². The number of nitrogens with two attached hydrogens (primary N) is 2. The second-order valence-electron chi connectivity index (χ2n) is 6.79. The van der Waals surface area contributed by atoms with Crippen LogP contribution in [0, 0.1) is 11.3 Å². The number of amides is 2. The van der Waals surface area contributed by atoms with E-state index in [4.69, 9.17) is 16.9 Å². The average molecular weight is 418 g/mol. The van der Waals surface area contributed by atoms with Crippen LogP contribution in [0.3, 0.4) is 0 Å². The molecule has 0 aromatic heterocycles. The standard InChI is InChI=1S/C18H27N5O2.2ClH/c1-11(2)15(19)18(25)23-9-3-4-14(23)17(24)22-10-12-5-7-13(8-6-12)16(20)21;;/h5-8,11,14-15H,3-4,9-10,19H2,1-2H3,(H3,20,21)(H,22,24);2*1H/t14-,15+;;/m0../s1. The Hall–Kier alpha value is -1.83. The van der Waals surface area contributed by atoms with Crippen LogP contribution < -0.4 is 16.8 Å². The second kappa shape index (κ2) is 11.1. The number of amidine groups is 1. The first-order valence-corrected chi connectivity index (χ1v) is 8.58. The number of halogens is 2. The fraction of sp³-hybridized carbons (Fsp3) is 0.500. The van der Waals surface area contributed by atoms with Crippen molar-refractivity contribution < 1.29 is 9.59 Å². The number of nitrogen functional groups attached to an aromatic ring is 1.